The molecule has 0 saturated carbocycles. The highest BCUT2D eigenvalue weighted by Gasteiger charge is 2.22. The SMILES string of the molecule is CCN1CCC(N(C)CC(=O)Cc2ccccc2)CC1. The molecule has 3 heteroatoms. The van der Waals surface area contributed by atoms with Crippen LogP contribution in [0.1, 0.15) is 25.3 Å². The van der Waals surface area contributed by atoms with Gasteiger partial charge in [0.1, 0.15) is 0 Å². The molecule has 0 spiro atoms. The smallest absolute Gasteiger partial charge is 0.151 e. The van der Waals surface area contributed by atoms with Crippen molar-refractivity contribution >= 4 is 5.78 Å². The van der Waals surface area contributed by atoms with E-state index >= 15 is 0 Å². The molecule has 1 fully saturated rings. The van der Waals surface area contributed by atoms with Crippen LogP contribution >= 0.6 is 0 Å². The zero-order valence-electron chi connectivity index (χ0n) is 12.7. The van der Waals surface area contributed by atoms with Crippen LogP contribution in [0.3, 0.4) is 0 Å². The van der Waals surface area contributed by atoms with Crippen LogP contribution in [0.25, 0.3) is 0 Å². The maximum atomic E-state index is 12.1. The monoisotopic (exact) mass is 274 g/mol. The lowest BCUT2D eigenvalue weighted by Crippen LogP contribution is -2.44. The molecule has 1 aliphatic heterocycles. The van der Waals surface area contributed by atoms with Crippen LogP contribution in [0, 0.1) is 0 Å². The van der Waals surface area contributed by atoms with Gasteiger partial charge < -0.3 is 4.90 Å². The number of ketones is 1. The van der Waals surface area contributed by atoms with E-state index in [2.05, 4.69) is 23.8 Å². The first-order valence-corrected chi connectivity index (χ1v) is 7.67. The minimum atomic E-state index is 0.316. The first-order chi connectivity index (χ1) is 9.69. The highest BCUT2D eigenvalue weighted by atomic mass is 16.1. The van der Waals surface area contributed by atoms with E-state index in [-0.39, 0.29) is 0 Å². The van der Waals surface area contributed by atoms with E-state index in [0.717, 1.165) is 12.1 Å². The van der Waals surface area contributed by atoms with Gasteiger partial charge in [-0.25, -0.2) is 0 Å². The molecule has 0 radical (unpaired) electrons. The maximum Gasteiger partial charge on any atom is 0.151 e. The van der Waals surface area contributed by atoms with Crippen LogP contribution in [-0.4, -0.2) is 54.9 Å². The average molecular weight is 274 g/mol. The number of benzene rings is 1. The van der Waals surface area contributed by atoms with E-state index < -0.39 is 0 Å². The van der Waals surface area contributed by atoms with E-state index in [1.54, 1.807) is 0 Å². The Morgan fingerprint density at radius 2 is 1.90 bits per heavy atom. The van der Waals surface area contributed by atoms with Crippen molar-refractivity contribution in [2.45, 2.75) is 32.2 Å². The molecule has 0 unspecified atom stereocenters. The van der Waals surface area contributed by atoms with Crippen LogP contribution < -0.4 is 0 Å². The predicted molar refractivity (Wildman–Crippen MR) is 82.9 cm³/mol. The Kier molecular flexibility index (Phi) is 5.74. The van der Waals surface area contributed by atoms with E-state index in [1.807, 2.05) is 30.3 Å². The third-order valence-corrected chi connectivity index (χ3v) is 4.30. The Morgan fingerprint density at radius 1 is 1.25 bits per heavy atom. The van der Waals surface area contributed by atoms with Crippen molar-refractivity contribution in [3.8, 4) is 0 Å². The second-order valence-electron chi connectivity index (χ2n) is 5.78. The first-order valence-electron chi connectivity index (χ1n) is 7.67. The number of nitrogens with zero attached hydrogens (tertiary/aromatic N) is 2. The predicted octanol–water partition coefficient (Wildman–Crippen LogP) is 2.21. The summed E-state index contributed by atoms with van der Waals surface area (Å²) in [5.41, 5.74) is 1.12. The molecule has 2 rings (SSSR count). The molecular formula is C17H26N2O. The number of carbonyl (C=O) groups is 1. The normalized spacial score (nSPS) is 17.6. The number of likely N-dealkylation sites (tertiary alicyclic amines) is 1. The number of likely N-dealkylation sites (N-methyl/N-ethyl adjacent to an activating group) is 1. The molecule has 3 nitrogen and oxygen atoms in total. The number of hydrogen-bond acceptors (Lipinski definition) is 3. The van der Waals surface area contributed by atoms with Crippen molar-refractivity contribution in [2.24, 2.45) is 0 Å². The summed E-state index contributed by atoms with van der Waals surface area (Å²) < 4.78 is 0. The number of carbonyl (C=O) groups excluding carboxylic acids is 1. The molecule has 20 heavy (non-hydrogen) atoms. The van der Waals surface area contributed by atoms with Crippen molar-refractivity contribution < 1.29 is 4.79 Å². The van der Waals surface area contributed by atoms with Crippen molar-refractivity contribution in [2.75, 3.05) is 33.2 Å². The van der Waals surface area contributed by atoms with Gasteiger partial charge in [-0.3, -0.25) is 9.69 Å². The van der Waals surface area contributed by atoms with Crippen LogP contribution in [0.5, 0.6) is 0 Å². The highest BCUT2D eigenvalue weighted by Crippen LogP contribution is 2.15. The quantitative estimate of drug-likeness (QED) is 0.794. The molecule has 0 aliphatic carbocycles. The lowest BCUT2D eigenvalue weighted by Gasteiger charge is -2.36. The number of rotatable bonds is 6. The fourth-order valence-corrected chi connectivity index (χ4v) is 2.96. The molecule has 1 aromatic rings. The highest BCUT2D eigenvalue weighted by molar-refractivity contribution is 5.82. The van der Waals surface area contributed by atoms with Gasteiger partial charge in [0.2, 0.25) is 0 Å². The van der Waals surface area contributed by atoms with Gasteiger partial charge in [-0.1, -0.05) is 37.3 Å². The number of Topliss-reactive ketones (excluding diaryl/α,β-unsaturated/α-hetero) is 1. The van der Waals surface area contributed by atoms with Crippen LogP contribution in [0.2, 0.25) is 0 Å². The molecule has 1 aliphatic rings. The Labute approximate surface area is 122 Å². The third-order valence-electron chi connectivity index (χ3n) is 4.30. The van der Waals surface area contributed by atoms with Gasteiger partial charge in [0.15, 0.2) is 5.78 Å². The molecule has 0 N–H and O–H groups in total. The second kappa shape index (κ2) is 7.55. The largest absolute Gasteiger partial charge is 0.303 e. The van der Waals surface area contributed by atoms with Crippen LogP contribution in [0.4, 0.5) is 0 Å². The van der Waals surface area contributed by atoms with Crippen molar-refractivity contribution in [3.05, 3.63) is 35.9 Å². The minimum Gasteiger partial charge on any atom is -0.303 e. The molecule has 1 saturated heterocycles. The summed E-state index contributed by atoms with van der Waals surface area (Å²) in [7, 11) is 2.09. The summed E-state index contributed by atoms with van der Waals surface area (Å²) in [4.78, 5) is 16.9. The fraction of sp³-hybridized carbons (Fsp3) is 0.588. The lowest BCUT2D eigenvalue weighted by molar-refractivity contribution is -0.120. The first kappa shape index (κ1) is 15.2. The Hall–Kier alpha value is -1.19. The molecule has 0 bridgehead atoms. The Bertz CT molecular complexity index is 410. The van der Waals surface area contributed by atoms with Crippen molar-refractivity contribution in [1.82, 2.24) is 9.80 Å². The van der Waals surface area contributed by atoms with E-state index in [1.165, 1.54) is 25.9 Å². The van der Waals surface area contributed by atoms with Gasteiger partial charge in [-0.2, -0.15) is 0 Å². The topological polar surface area (TPSA) is 23.6 Å². The van der Waals surface area contributed by atoms with Crippen molar-refractivity contribution in [3.63, 3.8) is 0 Å². The second-order valence-corrected chi connectivity index (χ2v) is 5.78. The molecule has 0 atom stereocenters. The molecule has 0 amide bonds. The summed E-state index contributed by atoms with van der Waals surface area (Å²) in [5.74, 6) is 0.316. The fourth-order valence-electron chi connectivity index (χ4n) is 2.96. The van der Waals surface area contributed by atoms with E-state index in [4.69, 9.17) is 0 Å². The summed E-state index contributed by atoms with van der Waals surface area (Å²) in [6.07, 6.45) is 2.92. The van der Waals surface area contributed by atoms with Gasteiger partial charge in [0.25, 0.3) is 0 Å². The van der Waals surface area contributed by atoms with Crippen LogP contribution in [0.15, 0.2) is 30.3 Å². The van der Waals surface area contributed by atoms with Gasteiger partial charge in [0, 0.05) is 12.5 Å². The molecule has 1 heterocycles. The van der Waals surface area contributed by atoms with Crippen LogP contribution in [-0.2, 0) is 11.2 Å². The maximum absolute atomic E-state index is 12.1. The number of hydrogen-bond donors (Lipinski definition) is 0. The lowest BCUT2D eigenvalue weighted by atomic mass is 10.0. The van der Waals surface area contributed by atoms with Crippen molar-refractivity contribution in [1.29, 1.82) is 0 Å². The van der Waals surface area contributed by atoms with E-state index in [9.17, 15) is 4.79 Å². The zero-order valence-corrected chi connectivity index (χ0v) is 12.7. The third kappa shape index (κ3) is 4.43. The van der Waals surface area contributed by atoms with Gasteiger partial charge >= 0.3 is 0 Å². The molecule has 0 aromatic heterocycles. The summed E-state index contributed by atoms with van der Waals surface area (Å²) >= 11 is 0. The molecular weight excluding hydrogens is 248 g/mol. The minimum absolute atomic E-state index is 0.316. The standard InChI is InChI=1S/C17H26N2O/c1-3-19-11-9-16(10-12-19)18(2)14-17(20)13-15-7-5-4-6-8-15/h4-8,16H,3,9-14H2,1-2H3. The summed E-state index contributed by atoms with van der Waals surface area (Å²) in [6.45, 7) is 6.26. The van der Waals surface area contributed by atoms with E-state index in [0.29, 0.717) is 24.8 Å². The Balaban J connectivity index is 1.77. The summed E-state index contributed by atoms with van der Waals surface area (Å²) in [6, 6.07) is 10.6. The number of piperidine rings is 1. The van der Waals surface area contributed by atoms with Gasteiger partial charge in [-0.15, -0.1) is 0 Å². The summed E-state index contributed by atoms with van der Waals surface area (Å²) in [5, 5.41) is 0. The molecule has 110 valence electrons. The Morgan fingerprint density at radius 3 is 2.50 bits per heavy atom. The molecule has 1 aromatic carbocycles. The van der Waals surface area contributed by atoms with Gasteiger partial charge in [0.05, 0.1) is 6.54 Å². The zero-order chi connectivity index (χ0) is 14.4. The average Bonchev–Trinajstić information content (AvgIpc) is 2.48. The van der Waals surface area contributed by atoms with Gasteiger partial charge in [-0.05, 0) is 45.1 Å².